The Balaban J connectivity index is 1.47. The van der Waals surface area contributed by atoms with E-state index in [0.29, 0.717) is 30.4 Å². The number of aryl methyl sites for hydroxylation is 1. The molecule has 0 bridgehead atoms. The SMILES string of the molecule is Cc1cc2c(cc1C(=O)N1CCC(Cc3ccccn3)C1)OCCO2. The Morgan fingerprint density at radius 3 is 2.80 bits per heavy atom. The van der Waals surface area contributed by atoms with Gasteiger partial charge >= 0.3 is 0 Å². The Morgan fingerprint density at radius 1 is 1.24 bits per heavy atom. The summed E-state index contributed by atoms with van der Waals surface area (Å²) in [6.45, 7) is 4.61. The fraction of sp³-hybridized carbons (Fsp3) is 0.400. The predicted molar refractivity (Wildman–Crippen MR) is 94.1 cm³/mol. The van der Waals surface area contributed by atoms with E-state index in [1.807, 2.05) is 42.3 Å². The van der Waals surface area contributed by atoms with Crippen LogP contribution in [0.1, 0.15) is 28.0 Å². The Hall–Kier alpha value is -2.56. The zero-order chi connectivity index (χ0) is 17.2. The summed E-state index contributed by atoms with van der Waals surface area (Å²) in [7, 11) is 0. The van der Waals surface area contributed by atoms with Crippen molar-refractivity contribution in [3.63, 3.8) is 0 Å². The molecule has 0 radical (unpaired) electrons. The normalized spacial score (nSPS) is 19.1. The van der Waals surface area contributed by atoms with Crippen molar-refractivity contribution in [1.82, 2.24) is 9.88 Å². The zero-order valence-corrected chi connectivity index (χ0v) is 14.4. The molecule has 1 saturated heterocycles. The van der Waals surface area contributed by atoms with E-state index in [0.717, 1.165) is 42.9 Å². The van der Waals surface area contributed by atoms with Crippen LogP contribution in [0.2, 0.25) is 0 Å². The highest BCUT2D eigenvalue weighted by atomic mass is 16.6. The number of likely N-dealkylation sites (tertiary alicyclic amines) is 1. The molecule has 1 aromatic heterocycles. The molecule has 1 atom stereocenters. The van der Waals surface area contributed by atoms with Crippen molar-refractivity contribution in [1.29, 1.82) is 0 Å². The number of benzene rings is 1. The van der Waals surface area contributed by atoms with Crippen molar-refractivity contribution < 1.29 is 14.3 Å². The van der Waals surface area contributed by atoms with Crippen LogP contribution in [-0.2, 0) is 6.42 Å². The van der Waals surface area contributed by atoms with Gasteiger partial charge in [0.2, 0.25) is 0 Å². The smallest absolute Gasteiger partial charge is 0.254 e. The monoisotopic (exact) mass is 338 g/mol. The number of carbonyl (C=O) groups is 1. The number of hydrogen-bond acceptors (Lipinski definition) is 4. The number of ether oxygens (including phenoxy) is 2. The summed E-state index contributed by atoms with van der Waals surface area (Å²) >= 11 is 0. The molecule has 0 aliphatic carbocycles. The maximum atomic E-state index is 13.0. The van der Waals surface area contributed by atoms with Crippen LogP contribution < -0.4 is 9.47 Å². The van der Waals surface area contributed by atoms with E-state index < -0.39 is 0 Å². The lowest BCUT2D eigenvalue weighted by molar-refractivity contribution is 0.0785. The van der Waals surface area contributed by atoms with Crippen LogP contribution in [0.25, 0.3) is 0 Å². The largest absolute Gasteiger partial charge is 0.486 e. The first-order chi connectivity index (χ1) is 12.2. The van der Waals surface area contributed by atoms with Crippen molar-refractivity contribution in [2.24, 2.45) is 5.92 Å². The molecule has 0 spiro atoms. The van der Waals surface area contributed by atoms with Gasteiger partial charge in [0, 0.05) is 30.5 Å². The second-order valence-electron chi connectivity index (χ2n) is 6.74. The zero-order valence-electron chi connectivity index (χ0n) is 14.4. The van der Waals surface area contributed by atoms with E-state index >= 15 is 0 Å². The van der Waals surface area contributed by atoms with E-state index in [4.69, 9.17) is 9.47 Å². The highest BCUT2D eigenvalue weighted by molar-refractivity contribution is 5.96. The average Bonchev–Trinajstić information content (AvgIpc) is 3.10. The third-order valence-corrected chi connectivity index (χ3v) is 4.92. The van der Waals surface area contributed by atoms with Crippen molar-refractivity contribution in [3.8, 4) is 11.5 Å². The van der Waals surface area contributed by atoms with Crippen molar-refractivity contribution in [2.45, 2.75) is 19.8 Å². The molecule has 5 heteroatoms. The van der Waals surface area contributed by atoms with Gasteiger partial charge in [-0.1, -0.05) is 6.07 Å². The Bertz CT molecular complexity index is 776. The van der Waals surface area contributed by atoms with Gasteiger partial charge in [0.1, 0.15) is 13.2 Å². The highest BCUT2D eigenvalue weighted by Crippen LogP contribution is 2.34. The van der Waals surface area contributed by atoms with Crippen LogP contribution in [0.3, 0.4) is 0 Å². The number of pyridine rings is 1. The maximum absolute atomic E-state index is 13.0. The van der Waals surface area contributed by atoms with Crippen molar-refractivity contribution in [3.05, 3.63) is 53.3 Å². The van der Waals surface area contributed by atoms with Crippen LogP contribution in [0, 0.1) is 12.8 Å². The molecule has 25 heavy (non-hydrogen) atoms. The Kier molecular flexibility index (Phi) is 4.30. The summed E-state index contributed by atoms with van der Waals surface area (Å²) < 4.78 is 11.2. The van der Waals surface area contributed by atoms with Gasteiger partial charge in [0.05, 0.1) is 0 Å². The molecule has 2 aliphatic heterocycles. The van der Waals surface area contributed by atoms with Gasteiger partial charge in [0.15, 0.2) is 11.5 Å². The first-order valence-electron chi connectivity index (χ1n) is 8.80. The summed E-state index contributed by atoms with van der Waals surface area (Å²) in [6.07, 6.45) is 3.77. The van der Waals surface area contributed by atoms with E-state index in [9.17, 15) is 4.79 Å². The fourth-order valence-electron chi connectivity index (χ4n) is 3.59. The minimum Gasteiger partial charge on any atom is -0.486 e. The van der Waals surface area contributed by atoms with E-state index in [1.165, 1.54) is 0 Å². The summed E-state index contributed by atoms with van der Waals surface area (Å²) in [6, 6.07) is 9.73. The molecular formula is C20H22N2O3. The molecule has 1 fully saturated rings. The first kappa shape index (κ1) is 15.9. The highest BCUT2D eigenvalue weighted by Gasteiger charge is 2.29. The fourth-order valence-corrected chi connectivity index (χ4v) is 3.59. The Morgan fingerprint density at radius 2 is 2.04 bits per heavy atom. The molecule has 5 nitrogen and oxygen atoms in total. The third kappa shape index (κ3) is 3.31. The summed E-state index contributed by atoms with van der Waals surface area (Å²) in [4.78, 5) is 19.3. The number of carbonyl (C=O) groups excluding carboxylic acids is 1. The molecule has 2 aliphatic rings. The van der Waals surface area contributed by atoms with Gasteiger partial charge < -0.3 is 14.4 Å². The van der Waals surface area contributed by atoms with E-state index in [-0.39, 0.29) is 5.91 Å². The van der Waals surface area contributed by atoms with E-state index in [2.05, 4.69) is 11.1 Å². The van der Waals surface area contributed by atoms with Gasteiger partial charge in [-0.05, 0) is 55.5 Å². The maximum Gasteiger partial charge on any atom is 0.254 e. The molecule has 0 saturated carbocycles. The second-order valence-corrected chi connectivity index (χ2v) is 6.74. The Labute approximate surface area is 147 Å². The molecule has 130 valence electrons. The van der Waals surface area contributed by atoms with Gasteiger partial charge in [-0.2, -0.15) is 0 Å². The summed E-state index contributed by atoms with van der Waals surface area (Å²) in [5.41, 5.74) is 2.74. The lowest BCUT2D eigenvalue weighted by Crippen LogP contribution is -2.30. The minimum atomic E-state index is 0.0815. The summed E-state index contributed by atoms with van der Waals surface area (Å²) in [5.74, 6) is 1.95. The van der Waals surface area contributed by atoms with Crippen LogP contribution in [-0.4, -0.2) is 42.1 Å². The molecule has 4 rings (SSSR count). The first-order valence-corrected chi connectivity index (χ1v) is 8.80. The lowest BCUT2D eigenvalue weighted by Gasteiger charge is -2.22. The molecule has 3 heterocycles. The average molecular weight is 338 g/mol. The van der Waals surface area contributed by atoms with Crippen LogP contribution in [0.15, 0.2) is 36.5 Å². The number of fused-ring (bicyclic) bond motifs is 1. The van der Waals surface area contributed by atoms with Crippen molar-refractivity contribution >= 4 is 5.91 Å². The number of aromatic nitrogens is 1. The minimum absolute atomic E-state index is 0.0815. The van der Waals surface area contributed by atoms with Crippen molar-refractivity contribution in [2.75, 3.05) is 26.3 Å². The van der Waals surface area contributed by atoms with Crippen LogP contribution in [0.4, 0.5) is 0 Å². The van der Waals surface area contributed by atoms with Gasteiger partial charge in [-0.3, -0.25) is 9.78 Å². The molecule has 1 unspecified atom stereocenters. The number of nitrogens with zero attached hydrogens (tertiary/aromatic N) is 2. The number of hydrogen-bond donors (Lipinski definition) is 0. The quantitative estimate of drug-likeness (QED) is 0.863. The summed E-state index contributed by atoms with van der Waals surface area (Å²) in [5, 5.41) is 0. The second kappa shape index (κ2) is 6.75. The molecular weight excluding hydrogens is 316 g/mol. The topological polar surface area (TPSA) is 51.7 Å². The van der Waals surface area contributed by atoms with Crippen LogP contribution in [0.5, 0.6) is 11.5 Å². The third-order valence-electron chi connectivity index (χ3n) is 4.92. The lowest BCUT2D eigenvalue weighted by atomic mass is 10.0. The standard InChI is InChI=1S/C20H22N2O3/c1-14-10-18-19(25-9-8-24-18)12-17(14)20(23)22-7-5-15(13-22)11-16-4-2-3-6-21-16/h2-4,6,10,12,15H,5,7-9,11,13H2,1H3. The molecule has 2 aromatic rings. The van der Waals surface area contributed by atoms with Gasteiger partial charge in [-0.15, -0.1) is 0 Å². The number of amides is 1. The van der Waals surface area contributed by atoms with Crippen LogP contribution >= 0.6 is 0 Å². The molecule has 1 aromatic carbocycles. The molecule has 0 N–H and O–H groups in total. The van der Waals surface area contributed by atoms with Gasteiger partial charge in [-0.25, -0.2) is 0 Å². The van der Waals surface area contributed by atoms with E-state index in [1.54, 1.807) is 0 Å². The van der Waals surface area contributed by atoms with Gasteiger partial charge in [0.25, 0.3) is 5.91 Å². The number of rotatable bonds is 3. The predicted octanol–water partition coefficient (Wildman–Crippen LogP) is 2.87. The molecule has 1 amide bonds.